The van der Waals surface area contributed by atoms with E-state index >= 15 is 0 Å². The fourth-order valence-corrected chi connectivity index (χ4v) is 6.61. The third kappa shape index (κ3) is 4.53. The van der Waals surface area contributed by atoms with E-state index in [1.165, 1.54) is 0 Å². The number of hydrogen-bond donors (Lipinski definition) is 2. The number of amides is 2. The molecule has 6 rings (SSSR count). The first-order chi connectivity index (χ1) is 19.2. The first-order valence-electron chi connectivity index (χ1n) is 13.7. The van der Waals surface area contributed by atoms with Crippen molar-refractivity contribution in [2.75, 3.05) is 6.54 Å². The number of nitrogens with one attached hydrogen (secondary N) is 2. The molecule has 0 spiro atoms. The molecule has 5 heteroatoms. The van der Waals surface area contributed by atoms with E-state index in [0.29, 0.717) is 6.54 Å². The molecule has 2 saturated heterocycles. The van der Waals surface area contributed by atoms with E-state index in [-0.39, 0.29) is 23.9 Å². The predicted octanol–water partition coefficient (Wildman–Crippen LogP) is 6.40. The lowest BCUT2D eigenvalue weighted by Gasteiger charge is -2.57. The predicted molar refractivity (Wildman–Crippen MR) is 153 cm³/mol. The minimum absolute atomic E-state index is 0.150. The molecule has 2 bridgehead atoms. The molecule has 2 heterocycles. The van der Waals surface area contributed by atoms with Gasteiger partial charge in [0.25, 0.3) is 0 Å². The normalized spacial score (nSPS) is 26.2. The highest BCUT2D eigenvalue weighted by Gasteiger charge is 2.59. The number of benzene rings is 4. The van der Waals surface area contributed by atoms with Crippen LogP contribution in [0.25, 0.3) is 0 Å². The summed E-state index contributed by atoms with van der Waals surface area (Å²) in [5, 5.41) is 7.01. The molecule has 6 unspecified atom stereocenters. The van der Waals surface area contributed by atoms with E-state index in [0.717, 1.165) is 22.3 Å². The Hall–Kier alpha value is -4.22. The number of carbonyl (C=O) groups is 2. The van der Waals surface area contributed by atoms with Crippen molar-refractivity contribution in [1.82, 2.24) is 15.5 Å². The molecule has 0 saturated carbocycles. The van der Waals surface area contributed by atoms with Crippen molar-refractivity contribution in [3.8, 4) is 0 Å². The van der Waals surface area contributed by atoms with E-state index in [2.05, 4.69) is 34.9 Å². The van der Waals surface area contributed by atoms with Crippen LogP contribution in [0.2, 0.25) is 0 Å². The molecule has 2 aliphatic heterocycles. The van der Waals surface area contributed by atoms with Crippen LogP contribution in [0.3, 0.4) is 0 Å². The largest absolute Gasteiger partial charge is 0.338 e. The van der Waals surface area contributed by atoms with Crippen LogP contribution in [-0.2, 0) is 4.79 Å². The minimum Gasteiger partial charge on any atom is -0.338 e. The molecule has 4 aromatic rings. The van der Waals surface area contributed by atoms with Crippen LogP contribution >= 0.6 is 0 Å². The van der Waals surface area contributed by atoms with Gasteiger partial charge in [-0.3, -0.25) is 4.79 Å². The molecule has 6 atom stereocenters. The second kappa shape index (κ2) is 10.9. The first kappa shape index (κ1) is 25.1. The van der Waals surface area contributed by atoms with Crippen LogP contribution < -0.4 is 10.6 Å². The number of piperidine rings is 2. The molecule has 2 N–H and O–H groups in total. The minimum atomic E-state index is -0.456. The first-order valence-corrected chi connectivity index (χ1v) is 13.7. The number of carbonyl (C=O) groups excluding carboxylic acids is 2. The van der Waals surface area contributed by atoms with Crippen molar-refractivity contribution >= 4 is 11.8 Å². The molecule has 0 aromatic heterocycles. The van der Waals surface area contributed by atoms with Crippen molar-refractivity contribution in [2.45, 2.75) is 31.1 Å². The van der Waals surface area contributed by atoms with Crippen LogP contribution in [0.15, 0.2) is 121 Å². The lowest BCUT2D eigenvalue weighted by Crippen LogP contribution is -2.63. The molecule has 2 fully saturated rings. The average molecular weight is 516 g/mol. The summed E-state index contributed by atoms with van der Waals surface area (Å²) in [7, 11) is 0. The molecule has 5 nitrogen and oxygen atoms in total. The topological polar surface area (TPSA) is 61.4 Å². The van der Waals surface area contributed by atoms with Gasteiger partial charge in [-0.05, 0) is 29.2 Å². The molecule has 0 aliphatic carbocycles. The Morgan fingerprint density at radius 3 is 1.36 bits per heavy atom. The summed E-state index contributed by atoms with van der Waals surface area (Å²) in [5.41, 5.74) is 4.01. The number of ketones is 1. The number of hydrogen-bond acceptors (Lipinski definition) is 3. The Kier molecular flexibility index (Phi) is 6.99. The number of likely N-dealkylation sites (tertiary alicyclic amines) is 1. The SMILES string of the molecule is CCNC(=O)N1C(c2ccccc2)C2C(=O)C(C(c3ccccc3)NC2c2ccccc2)C1c1ccccc1. The van der Waals surface area contributed by atoms with Crippen molar-refractivity contribution < 1.29 is 9.59 Å². The Labute approximate surface area is 229 Å². The Balaban J connectivity index is 1.61. The van der Waals surface area contributed by atoms with Crippen LogP contribution in [0.4, 0.5) is 4.79 Å². The van der Waals surface area contributed by atoms with Crippen molar-refractivity contribution in [3.63, 3.8) is 0 Å². The van der Waals surface area contributed by atoms with Gasteiger partial charge in [0.05, 0.1) is 23.9 Å². The summed E-state index contributed by atoms with van der Waals surface area (Å²) in [6.07, 6.45) is 0. The van der Waals surface area contributed by atoms with Gasteiger partial charge in [-0.15, -0.1) is 0 Å². The maximum absolute atomic E-state index is 14.9. The third-order valence-electron chi connectivity index (χ3n) is 8.18. The number of urea groups is 1. The van der Waals surface area contributed by atoms with Crippen LogP contribution in [0, 0.1) is 11.8 Å². The van der Waals surface area contributed by atoms with E-state index in [9.17, 15) is 9.59 Å². The molecule has 2 amide bonds. The lowest BCUT2D eigenvalue weighted by atomic mass is 9.63. The quantitative estimate of drug-likeness (QED) is 0.323. The number of rotatable bonds is 5. The molecule has 2 aliphatic rings. The zero-order valence-corrected chi connectivity index (χ0v) is 22.0. The zero-order chi connectivity index (χ0) is 26.8. The van der Waals surface area contributed by atoms with Gasteiger partial charge in [0.2, 0.25) is 0 Å². The van der Waals surface area contributed by atoms with Crippen molar-refractivity contribution in [1.29, 1.82) is 0 Å². The van der Waals surface area contributed by atoms with Crippen LogP contribution in [-0.4, -0.2) is 23.3 Å². The standard InChI is InChI=1S/C34H33N3O2/c1-2-35-34(39)37-31(25-19-11-5-12-20-25)27-29(23-15-7-3-8-16-23)36-30(24-17-9-4-10-18-24)28(33(27)38)32(37)26-21-13-6-14-22-26/h3-22,27-32,36H,2H2,1H3,(H,35,39). The van der Waals surface area contributed by atoms with Gasteiger partial charge in [-0.2, -0.15) is 0 Å². The van der Waals surface area contributed by atoms with Gasteiger partial charge in [0.15, 0.2) is 0 Å². The maximum atomic E-state index is 14.9. The Morgan fingerprint density at radius 1 is 0.641 bits per heavy atom. The summed E-state index contributed by atoms with van der Waals surface area (Å²) < 4.78 is 0. The van der Waals surface area contributed by atoms with Crippen molar-refractivity contribution in [3.05, 3.63) is 144 Å². The molecule has 196 valence electrons. The van der Waals surface area contributed by atoms with Gasteiger partial charge >= 0.3 is 6.03 Å². The maximum Gasteiger partial charge on any atom is 0.318 e. The molecule has 0 radical (unpaired) electrons. The molecule has 39 heavy (non-hydrogen) atoms. The Bertz CT molecular complexity index is 1310. The number of Topliss-reactive ketones (excluding diaryl/α,β-unsaturated/α-hetero) is 1. The van der Waals surface area contributed by atoms with Gasteiger partial charge < -0.3 is 15.5 Å². The summed E-state index contributed by atoms with van der Waals surface area (Å²) in [6.45, 7) is 2.44. The van der Waals surface area contributed by atoms with Gasteiger partial charge in [-0.1, -0.05) is 121 Å². The van der Waals surface area contributed by atoms with E-state index < -0.39 is 23.9 Å². The highest BCUT2D eigenvalue weighted by molar-refractivity contribution is 5.91. The monoisotopic (exact) mass is 515 g/mol. The van der Waals surface area contributed by atoms with Crippen LogP contribution in [0.1, 0.15) is 53.3 Å². The second-order valence-electron chi connectivity index (χ2n) is 10.4. The van der Waals surface area contributed by atoms with Crippen molar-refractivity contribution in [2.24, 2.45) is 11.8 Å². The summed E-state index contributed by atoms with van der Waals surface area (Å²) in [5.74, 6) is -0.718. The summed E-state index contributed by atoms with van der Waals surface area (Å²) >= 11 is 0. The molecular weight excluding hydrogens is 482 g/mol. The van der Waals surface area contributed by atoms with Crippen LogP contribution in [0.5, 0.6) is 0 Å². The molecular formula is C34H33N3O2. The fraction of sp³-hybridized carbons (Fsp3) is 0.235. The van der Waals surface area contributed by atoms with E-state index in [1.807, 2.05) is 109 Å². The highest BCUT2D eigenvalue weighted by atomic mass is 16.2. The van der Waals surface area contributed by atoms with E-state index in [4.69, 9.17) is 0 Å². The summed E-state index contributed by atoms with van der Waals surface area (Å²) in [4.78, 5) is 30.9. The van der Waals surface area contributed by atoms with E-state index in [1.54, 1.807) is 0 Å². The zero-order valence-electron chi connectivity index (χ0n) is 22.0. The Morgan fingerprint density at radius 2 is 1.00 bits per heavy atom. The summed E-state index contributed by atoms with van der Waals surface area (Å²) in [6, 6.07) is 38.8. The van der Waals surface area contributed by atoms with Gasteiger partial charge in [-0.25, -0.2) is 4.79 Å². The third-order valence-corrected chi connectivity index (χ3v) is 8.18. The highest BCUT2D eigenvalue weighted by Crippen LogP contribution is 2.56. The number of nitrogens with zero attached hydrogens (tertiary/aromatic N) is 1. The fourth-order valence-electron chi connectivity index (χ4n) is 6.61. The average Bonchev–Trinajstić information content (AvgIpc) is 2.99. The molecule has 4 aromatic carbocycles. The second-order valence-corrected chi connectivity index (χ2v) is 10.4. The number of fused-ring (bicyclic) bond motifs is 2. The van der Waals surface area contributed by atoms with Gasteiger partial charge in [0, 0.05) is 18.6 Å². The smallest absolute Gasteiger partial charge is 0.318 e. The van der Waals surface area contributed by atoms with Gasteiger partial charge in [0.1, 0.15) is 5.78 Å². The lowest BCUT2D eigenvalue weighted by molar-refractivity contribution is -0.146.